The van der Waals surface area contributed by atoms with Crippen molar-refractivity contribution in [3.8, 4) is 11.5 Å². The van der Waals surface area contributed by atoms with Crippen LogP contribution >= 0.6 is 0 Å². The molecule has 148 valence electrons. The second kappa shape index (κ2) is 9.26. The second-order valence-electron chi connectivity index (χ2n) is 6.43. The number of hydrogen-bond acceptors (Lipinski definition) is 6. The smallest absolute Gasteiger partial charge is 0.225 e. The molecule has 0 aliphatic rings. The van der Waals surface area contributed by atoms with Gasteiger partial charge in [-0.3, -0.25) is 0 Å². The van der Waals surface area contributed by atoms with Crippen molar-refractivity contribution in [2.24, 2.45) is 0 Å². The number of methoxy groups -OCH3 is 2. The van der Waals surface area contributed by atoms with E-state index in [0.29, 0.717) is 17.4 Å². The third-order valence-corrected chi connectivity index (χ3v) is 4.78. The summed E-state index contributed by atoms with van der Waals surface area (Å²) in [6, 6.07) is 14.3. The maximum Gasteiger partial charge on any atom is 0.225 e. The Morgan fingerprint density at radius 1 is 0.929 bits per heavy atom. The summed E-state index contributed by atoms with van der Waals surface area (Å²) in [4.78, 5) is 11.8. The molecule has 0 unspecified atom stereocenters. The van der Waals surface area contributed by atoms with Crippen LogP contribution in [-0.4, -0.2) is 43.8 Å². The fraction of sp³-hybridized carbons (Fsp3) is 0.364. The van der Waals surface area contributed by atoms with Gasteiger partial charge in [0.2, 0.25) is 5.95 Å². The maximum absolute atomic E-state index is 5.48. The lowest BCUT2D eigenvalue weighted by Gasteiger charge is -2.23. The molecule has 0 fully saturated rings. The number of fused-ring (bicyclic) bond motifs is 1. The molecule has 6 nitrogen and oxygen atoms in total. The lowest BCUT2D eigenvalue weighted by molar-refractivity contribution is 0.356. The molecule has 3 rings (SSSR count). The summed E-state index contributed by atoms with van der Waals surface area (Å²) >= 11 is 0. The molecule has 0 spiro atoms. The lowest BCUT2D eigenvalue weighted by Crippen LogP contribution is -2.24. The first-order valence-electron chi connectivity index (χ1n) is 9.66. The molecule has 0 aliphatic heterocycles. The maximum atomic E-state index is 5.48. The van der Waals surface area contributed by atoms with Crippen molar-refractivity contribution in [2.75, 3.05) is 44.1 Å². The van der Waals surface area contributed by atoms with E-state index in [4.69, 9.17) is 19.4 Å². The highest BCUT2D eigenvalue weighted by Gasteiger charge is 2.16. The summed E-state index contributed by atoms with van der Waals surface area (Å²) in [6.45, 7) is 6.74. The van der Waals surface area contributed by atoms with E-state index >= 15 is 0 Å². The van der Waals surface area contributed by atoms with Crippen LogP contribution < -0.4 is 19.7 Å². The zero-order valence-corrected chi connectivity index (χ0v) is 17.0. The standard InChI is InChI=1S/C22H28N4O2/c1-5-26(6-2)21-17-14-19(27-3)20(28-4)15-18(17)24-22(25-21)23-13-12-16-10-8-7-9-11-16/h7-11,14-15H,5-6,12-13H2,1-4H3,(H,23,24,25). The van der Waals surface area contributed by atoms with E-state index in [0.717, 1.165) is 42.8 Å². The van der Waals surface area contributed by atoms with Crippen LogP contribution in [0.3, 0.4) is 0 Å². The van der Waals surface area contributed by atoms with Crippen LogP contribution in [0.2, 0.25) is 0 Å². The Hall–Kier alpha value is -3.02. The first-order valence-corrected chi connectivity index (χ1v) is 9.66. The minimum absolute atomic E-state index is 0.623. The van der Waals surface area contributed by atoms with E-state index in [1.807, 2.05) is 18.2 Å². The largest absolute Gasteiger partial charge is 0.493 e. The molecule has 0 aliphatic carbocycles. The van der Waals surface area contributed by atoms with Crippen molar-refractivity contribution in [2.45, 2.75) is 20.3 Å². The fourth-order valence-electron chi connectivity index (χ4n) is 3.25. The van der Waals surface area contributed by atoms with Crippen LogP contribution in [-0.2, 0) is 6.42 Å². The predicted molar refractivity (Wildman–Crippen MR) is 115 cm³/mol. The van der Waals surface area contributed by atoms with Gasteiger partial charge in [0.25, 0.3) is 0 Å². The van der Waals surface area contributed by atoms with Crippen LogP contribution in [0.15, 0.2) is 42.5 Å². The van der Waals surface area contributed by atoms with E-state index in [2.05, 4.69) is 48.3 Å². The van der Waals surface area contributed by atoms with Crippen molar-refractivity contribution in [1.29, 1.82) is 0 Å². The molecule has 6 heteroatoms. The van der Waals surface area contributed by atoms with Gasteiger partial charge in [0.15, 0.2) is 11.5 Å². The van der Waals surface area contributed by atoms with Crippen LogP contribution in [0, 0.1) is 0 Å². The van der Waals surface area contributed by atoms with Gasteiger partial charge in [0.1, 0.15) is 5.82 Å². The molecule has 28 heavy (non-hydrogen) atoms. The Morgan fingerprint density at radius 3 is 2.25 bits per heavy atom. The molecule has 1 N–H and O–H groups in total. The summed E-state index contributed by atoms with van der Waals surface area (Å²) in [6.07, 6.45) is 0.911. The molecule has 0 atom stereocenters. The van der Waals surface area contributed by atoms with Crippen LogP contribution in [0.5, 0.6) is 11.5 Å². The summed E-state index contributed by atoms with van der Waals surface area (Å²) in [7, 11) is 3.27. The number of hydrogen-bond donors (Lipinski definition) is 1. The van der Waals surface area contributed by atoms with Crippen LogP contribution in [0.25, 0.3) is 10.9 Å². The molecule has 3 aromatic rings. The molecule has 0 bridgehead atoms. The number of nitrogens with zero attached hydrogens (tertiary/aromatic N) is 3. The first-order chi connectivity index (χ1) is 13.7. The topological polar surface area (TPSA) is 59.5 Å². The van der Waals surface area contributed by atoms with E-state index in [-0.39, 0.29) is 0 Å². The van der Waals surface area contributed by atoms with Gasteiger partial charge in [-0.05, 0) is 31.9 Å². The number of ether oxygens (including phenoxy) is 2. The van der Waals surface area contributed by atoms with Gasteiger partial charge in [-0.1, -0.05) is 30.3 Å². The van der Waals surface area contributed by atoms with Crippen LogP contribution in [0.1, 0.15) is 19.4 Å². The van der Waals surface area contributed by atoms with Gasteiger partial charge in [-0.25, -0.2) is 4.98 Å². The monoisotopic (exact) mass is 380 g/mol. The van der Waals surface area contributed by atoms with Crippen molar-refractivity contribution < 1.29 is 9.47 Å². The van der Waals surface area contributed by atoms with Gasteiger partial charge in [0, 0.05) is 31.1 Å². The van der Waals surface area contributed by atoms with Gasteiger partial charge in [-0.2, -0.15) is 4.98 Å². The summed E-state index contributed by atoms with van der Waals surface area (Å²) in [5.74, 6) is 2.86. The number of nitrogens with one attached hydrogen (secondary N) is 1. The molecule has 0 amide bonds. The molecular weight excluding hydrogens is 352 g/mol. The normalized spacial score (nSPS) is 10.7. The molecule has 0 saturated heterocycles. The highest BCUT2D eigenvalue weighted by Crippen LogP contribution is 2.35. The average Bonchev–Trinajstić information content (AvgIpc) is 2.74. The Kier molecular flexibility index (Phi) is 6.53. The highest BCUT2D eigenvalue weighted by molar-refractivity contribution is 5.93. The SMILES string of the molecule is CCN(CC)c1nc(NCCc2ccccc2)nc2cc(OC)c(OC)cc12. The molecule has 0 saturated carbocycles. The number of anilines is 2. The number of aromatic nitrogens is 2. The number of rotatable bonds is 9. The fourth-order valence-corrected chi connectivity index (χ4v) is 3.25. The minimum atomic E-state index is 0.623. The van der Waals surface area contributed by atoms with Crippen molar-refractivity contribution in [3.63, 3.8) is 0 Å². The molecule has 1 heterocycles. The molecule has 2 aromatic carbocycles. The Morgan fingerprint density at radius 2 is 1.61 bits per heavy atom. The third kappa shape index (κ3) is 4.27. The highest BCUT2D eigenvalue weighted by atomic mass is 16.5. The van der Waals surface area contributed by atoms with Crippen molar-refractivity contribution >= 4 is 22.7 Å². The van der Waals surface area contributed by atoms with Gasteiger partial charge >= 0.3 is 0 Å². The van der Waals surface area contributed by atoms with Crippen LogP contribution in [0.4, 0.5) is 11.8 Å². The van der Waals surface area contributed by atoms with E-state index in [1.165, 1.54) is 5.56 Å². The van der Waals surface area contributed by atoms with Crippen molar-refractivity contribution in [3.05, 3.63) is 48.0 Å². The van der Waals surface area contributed by atoms with E-state index < -0.39 is 0 Å². The predicted octanol–water partition coefficient (Wildman–Crippen LogP) is 4.15. The minimum Gasteiger partial charge on any atom is -0.493 e. The Labute approximate surface area is 166 Å². The average molecular weight is 380 g/mol. The van der Waals surface area contributed by atoms with Gasteiger partial charge in [-0.15, -0.1) is 0 Å². The van der Waals surface area contributed by atoms with Gasteiger partial charge in [0.05, 0.1) is 19.7 Å². The van der Waals surface area contributed by atoms with Crippen molar-refractivity contribution in [1.82, 2.24) is 9.97 Å². The quantitative estimate of drug-likeness (QED) is 0.602. The third-order valence-electron chi connectivity index (χ3n) is 4.78. The summed E-state index contributed by atoms with van der Waals surface area (Å²) < 4.78 is 10.9. The molecule has 1 aromatic heterocycles. The lowest BCUT2D eigenvalue weighted by atomic mass is 10.1. The zero-order valence-electron chi connectivity index (χ0n) is 17.0. The Bertz CT molecular complexity index is 911. The van der Waals surface area contributed by atoms with E-state index in [9.17, 15) is 0 Å². The second-order valence-corrected chi connectivity index (χ2v) is 6.43. The summed E-state index contributed by atoms with van der Waals surface area (Å²) in [5.41, 5.74) is 2.11. The first kappa shape index (κ1) is 19.7. The Balaban J connectivity index is 1.96. The summed E-state index contributed by atoms with van der Waals surface area (Å²) in [5, 5.41) is 4.33. The molecular formula is C22H28N4O2. The zero-order chi connectivity index (χ0) is 19.9. The van der Waals surface area contributed by atoms with Gasteiger partial charge < -0.3 is 19.7 Å². The van der Waals surface area contributed by atoms with E-state index in [1.54, 1.807) is 14.2 Å². The number of benzene rings is 2. The molecule has 0 radical (unpaired) electrons.